The number of nitrogens with two attached hydrogens (primary N) is 1. The number of nitrogens with zero attached hydrogens (tertiary/aromatic N) is 1. The normalized spacial score (nSPS) is 11.7. The summed E-state index contributed by atoms with van der Waals surface area (Å²) in [5.74, 6) is 0.583. The van der Waals surface area contributed by atoms with Crippen molar-refractivity contribution in [2.45, 2.75) is 13.3 Å². The maximum atomic E-state index is 5.90. The molecule has 1 heterocycles. The average Bonchev–Trinajstić information content (AvgIpc) is 2.83. The number of hydrogen-bond donors (Lipinski definition) is 1. The molecule has 2 N–H and O–H groups in total. The van der Waals surface area contributed by atoms with E-state index in [1.807, 2.05) is 29.6 Å². The second kappa shape index (κ2) is 4.94. The topological polar surface area (TPSA) is 38.4 Å². The van der Waals surface area contributed by atoms with Gasteiger partial charge in [0, 0.05) is 0 Å². The summed E-state index contributed by atoms with van der Waals surface area (Å²) in [4.78, 5) is 5.40. The van der Waals surface area contributed by atoms with Crippen LogP contribution in [-0.4, -0.2) is 5.84 Å². The number of thiophene rings is 1. The summed E-state index contributed by atoms with van der Waals surface area (Å²) < 4.78 is 0. The minimum absolute atomic E-state index is 0.583. The van der Waals surface area contributed by atoms with Gasteiger partial charge in [-0.05, 0) is 35.6 Å². The molecule has 3 heteroatoms. The molecular weight excluding hydrogens is 216 g/mol. The predicted molar refractivity (Wildman–Crippen MR) is 70.5 cm³/mol. The zero-order valence-electron chi connectivity index (χ0n) is 9.18. The third kappa shape index (κ3) is 2.49. The van der Waals surface area contributed by atoms with Gasteiger partial charge in [-0.25, -0.2) is 4.99 Å². The molecule has 0 unspecified atom stereocenters. The maximum Gasteiger partial charge on any atom is 0.141 e. The van der Waals surface area contributed by atoms with Crippen molar-refractivity contribution in [2.24, 2.45) is 10.7 Å². The van der Waals surface area contributed by atoms with Gasteiger partial charge >= 0.3 is 0 Å². The van der Waals surface area contributed by atoms with Gasteiger partial charge in [0.05, 0.1) is 10.6 Å². The number of aryl methyl sites for hydroxylation is 1. The lowest BCUT2D eigenvalue weighted by Gasteiger charge is -1.99. The highest BCUT2D eigenvalue weighted by molar-refractivity contribution is 7.12. The largest absolute Gasteiger partial charge is 0.383 e. The van der Waals surface area contributed by atoms with Gasteiger partial charge in [-0.2, -0.15) is 0 Å². The van der Waals surface area contributed by atoms with Crippen molar-refractivity contribution < 1.29 is 0 Å². The minimum atomic E-state index is 0.583. The lowest BCUT2D eigenvalue weighted by atomic mass is 10.1. The van der Waals surface area contributed by atoms with Crippen molar-refractivity contribution in [3.63, 3.8) is 0 Å². The van der Waals surface area contributed by atoms with E-state index in [0.717, 1.165) is 17.0 Å². The van der Waals surface area contributed by atoms with E-state index < -0.39 is 0 Å². The first-order chi connectivity index (χ1) is 7.79. The molecule has 0 amide bonds. The van der Waals surface area contributed by atoms with Gasteiger partial charge in [-0.1, -0.05) is 25.1 Å². The Labute approximate surface area is 99.5 Å². The Morgan fingerprint density at radius 3 is 2.56 bits per heavy atom. The smallest absolute Gasteiger partial charge is 0.141 e. The standard InChI is InChI=1S/C13H14N2S/c1-2-10-5-7-11(8-6-10)15-13(14)12-4-3-9-16-12/h3-9H,2H2,1H3,(H2,14,15). The molecule has 2 aromatic rings. The fraction of sp³-hybridized carbons (Fsp3) is 0.154. The number of hydrogen-bond acceptors (Lipinski definition) is 2. The Morgan fingerprint density at radius 1 is 1.25 bits per heavy atom. The van der Waals surface area contributed by atoms with Crippen LogP contribution in [-0.2, 0) is 6.42 Å². The molecule has 0 saturated carbocycles. The molecule has 0 aliphatic heterocycles. The summed E-state index contributed by atoms with van der Waals surface area (Å²) in [5, 5.41) is 2.00. The molecule has 82 valence electrons. The van der Waals surface area contributed by atoms with Gasteiger partial charge in [0.2, 0.25) is 0 Å². The van der Waals surface area contributed by atoms with Crippen LogP contribution in [0.5, 0.6) is 0 Å². The van der Waals surface area contributed by atoms with Crippen molar-refractivity contribution >= 4 is 22.9 Å². The van der Waals surface area contributed by atoms with Crippen LogP contribution in [0.25, 0.3) is 0 Å². The zero-order valence-corrected chi connectivity index (χ0v) is 10.00. The molecule has 0 saturated heterocycles. The third-order valence-corrected chi connectivity index (χ3v) is 3.26. The number of rotatable bonds is 3. The van der Waals surface area contributed by atoms with Gasteiger partial charge in [-0.3, -0.25) is 0 Å². The van der Waals surface area contributed by atoms with Crippen LogP contribution in [0.2, 0.25) is 0 Å². The molecule has 1 aromatic carbocycles. The lowest BCUT2D eigenvalue weighted by Crippen LogP contribution is -2.10. The van der Waals surface area contributed by atoms with Crippen molar-refractivity contribution in [3.8, 4) is 0 Å². The lowest BCUT2D eigenvalue weighted by molar-refractivity contribution is 1.14. The van der Waals surface area contributed by atoms with Gasteiger partial charge in [-0.15, -0.1) is 11.3 Å². The van der Waals surface area contributed by atoms with E-state index in [4.69, 9.17) is 5.73 Å². The number of aliphatic imine (C=N–C) groups is 1. The molecule has 0 bridgehead atoms. The van der Waals surface area contributed by atoms with E-state index in [1.165, 1.54) is 5.56 Å². The van der Waals surface area contributed by atoms with Gasteiger partial charge in [0.25, 0.3) is 0 Å². The van der Waals surface area contributed by atoms with E-state index in [2.05, 4.69) is 24.0 Å². The van der Waals surface area contributed by atoms with Gasteiger partial charge in [0.15, 0.2) is 0 Å². The van der Waals surface area contributed by atoms with Crippen LogP contribution < -0.4 is 5.73 Å². The fourth-order valence-corrected chi connectivity index (χ4v) is 2.05. The van der Waals surface area contributed by atoms with Crippen molar-refractivity contribution in [1.82, 2.24) is 0 Å². The Bertz CT molecular complexity index is 469. The van der Waals surface area contributed by atoms with Crippen LogP contribution in [0.4, 0.5) is 5.69 Å². The molecular formula is C13H14N2S. The van der Waals surface area contributed by atoms with Crippen LogP contribution in [0.3, 0.4) is 0 Å². The average molecular weight is 230 g/mol. The Morgan fingerprint density at radius 2 is 2.00 bits per heavy atom. The summed E-state index contributed by atoms with van der Waals surface area (Å²) in [6.45, 7) is 2.14. The van der Waals surface area contributed by atoms with Crippen molar-refractivity contribution in [2.75, 3.05) is 0 Å². The maximum absolute atomic E-state index is 5.90. The Balaban J connectivity index is 2.22. The summed E-state index contributed by atoms with van der Waals surface area (Å²) in [5.41, 5.74) is 8.12. The molecule has 0 spiro atoms. The summed E-state index contributed by atoms with van der Waals surface area (Å²) >= 11 is 1.60. The SMILES string of the molecule is CCc1ccc(N=C(N)c2cccs2)cc1. The molecule has 0 atom stereocenters. The van der Waals surface area contributed by atoms with Gasteiger partial charge in [0.1, 0.15) is 5.84 Å². The summed E-state index contributed by atoms with van der Waals surface area (Å²) in [6, 6.07) is 12.1. The summed E-state index contributed by atoms with van der Waals surface area (Å²) in [7, 11) is 0. The molecule has 16 heavy (non-hydrogen) atoms. The molecule has 0 aliphatic carbocycles. The molecule has 1 aromatic heterocycles. The van der Waals surface area contributed by atoms with E-state index >= 15 is 0 Å². The molecule has 0 aliphatic rings. The first-order valence-electron chi connectivity index (χ1n) is 5.26. The quantitative estimate of drug-likeness (QED) is 0.637. The van der Waals surface area contributed by atoms with Crippen LogP contribution >= 0.6 is 11.3 Å². The summed E-state index contributed by atoms with van der Waals surface area (Å²) in [6.07, 6.45) is 1.05. The second-order valence-corrected chi connectivity index (χ2v) is 4.44. The molecule has 0 fully saturated rings. The minimum Gasteiger partial charge on any atom is -0.383 e. The van der Waals surface area contributed by atoms with Crippen molar-refractivity contribution in [3.05, 3.63) is 52.2 Å². The second-order valence-electron chi connectivity index (χ2n) is 3.49. The van der Waals surface area contributed by atoms with E-state index in [9.17, 15) is 0 Å². The van der Waals surface area contributed by atoms with E-state index in [1.54, 1.807) is 11.3 Å². The number of benzene rings is 1. The molecule has 0 radical (unpaired) electrons. The highest BCUT2D eigenvalue weighted by atomic mass is 32.1. The molecule has 2 rings (SSSR count). The highest BCUT2D eigenvalue weighted by Gasteiger charge is 1.99. The first kappa shape index (κ1) is 10.9. The molecule has 2 nitrogen and oxygen atoms in total. The predicted octanol–water partition coefficient (Wildman–Crippen LogP) is 3.35. The third-order valence-electron chi connectivity index (χ3n) is 2.37. The fourth-order valence-electron chi connectivity index (χ4n) is 1.42. The monoisotopic (exact) mass is 230 g/mol. The Kier molecular flexibility index (Phi) is 3.37. The van der Waals surface area contributed by atoms with Gasteiger partial charge < -0.3 is 5.73 Å². The van der Waals surface area contributed by atoms with Crippen LogP contribution in [0.15, 0.2) is 46.8 Å². The Hall–Kier alpha value is -1.61. The van der Waals surface area contributed by atoms with E-state index in [-0.39, 0.29) is 0 Å². The van der Waals surface area contributed by atoms with Crippen molar-refractivity contribution in [1.29, 1.82) is 0 Å². The van der Waals surface area contributed by atoms with Crippen LogP contribution in [0.1, 0.15) is 17.4 Å². The number of amidine groups is 1. The first-order valence-corrected chi connectivity index (χ1v) is 6.14. The zero-order chi connectivity index (χ0) is 11.4. The van der Waals surface area contributed by atoms with Crippen LogP contribution in [0, 0.1) is 0 Å². The highest BCUT2D eigenvalue weighted by Crippen LogP contribution is 2.16. The van der Waals surface area contributed by atoms with E-state index in [0.29, 0.717) is 5.84 Å².